The molecule has 2 aromatic rings. The maximum atomic E-state index is 12.7. The summed E-state index contributed by atoms with van der Waals surface area (Å²) < 4.78 is 33.5. The maximum Gasteiger partial charge on any atom is 0.240 e. The van der Waals surface area contributed by atoms with Crippen LogP contribution in [-0.4, -0.2) is 45.7 Å². The molecule has 0 amide bonds. The van der Waals surface area contributed by atoms with Gasteiger partial charge in [-0.2, -0.15) is 0 Å². The van der Waals surface area contributed by atoms with Gasteiger partial charge in [-0.1, -0.05) is 12.1 Å². The number of thiazole rings is 1. The molecule has 1 atom stereocenters. The van der Waals surface area contributed by atoms with Crippen molar-refractivity contribution >= 4 is 33.8 Å². The van der Waals surface area contributed by atoms with E-state index in [4.69, 9.17) is 4.74 Å². The smallest absolute Gasteiger partial charge is 0.240 e. The monoisotopic (exact) mass is 417 g/mol. The topological polar surface area (TPSA) is 80.3 Å². The van der Waals surface area contributed by atoms with E-state index < -0.39 is 10.0 Å². The van der Waals surface area contributed by atoms with Crippen LogP contribution in [-0.2, 0) is 14.8 Å². The van der Waals surface area contributed by atoms with Crippen LogP contribution in [0.2, 0.25) is 0 Å². The van der Waals surface area contributed by atoms with Gasteiger partial charge in [0.1, 0.15) is 5.01 Å². The van der Waals surface area contributed by atoms with Crippen molar-refractivity contribution in [2.24, 2.45) is 0 Å². The molecular formula is C17H24ClN3O3S2. The number of aromatic nitrogens is 1. The zero-order valence-corrected chi connectivity index (χ0v) is 17.3. The number of nitrogens with zero attached hydrogens (tertiary/aromatic N) is 1. The lowest BCUT2D eigenvalue weighted by Crippen LogP contribution is -2.52. The van der Waals surface area contributed by atoms with Gasteiger partial charge in [0.05, 0.1) is 17.0 Å². The first-order valence-electron chi connectivity index (χ1n) is 8.20. The van der Waals surface area contributed by atoms with Crippen LogP contribution in [0.3, 0.4) is 0 Å². The summed E-state index contributed by atoms with van der Waals surface area (Å²) in [5.74, 6) is 0. The highest BCUT2D eigenvalue weighted by Crippen LogP contribution is 2.26. The fraction of sp³-hybridized carbons (Fsp3) is 0.471. The minimum Gasteiger partial charge on any atom is -0.383 e. The molecule has 2 N–H and O–H groups in total. The summed E-state index contributed by atoms with van der Waals surface area (Å²) in [4.78, 5) is 4.68. The largest absolute Gasteiger partial charge is 0.383 e. The van der Waals surface area contributed by atoms with E-state index in [0.29, 0.717) is 13.2 Å². The van der Waals surface area contributed by atoms with Crippen LogP contribution in [0.1, 0.15) is 18.5 Å². The van der Waals surface area contributed by atoms with E-state index in [1.807, 2.05) is 18.4 Å². The summed E-state index contributed by atoms with van der Waals surface area (Å²) in [5, 5.41) is 6.15. The number of hydrogen-bond donors (Lipinski definition) is 2. The number of hydrogen-bond acceptors (Lipinski definition) is 6. The molecule has 9 heteroatoms. The second-order valence-electron chi connectivity index (χ2n) is 6.39. The zero-order chi connectivity index (χ0) is 17.9. The standard InChI is InChI=1S/C17H23N3O3S2.ClH/c1-13-10-24-16(20-13)14-5-3-6-15(9-14)25(21,22)19-11-17(12-23-2)7-4-8-18-17;/h3,5-6,9-10,18-19H,4,7-8,11-12H2,1-2H3;1H. The van der Waals surface area contributed by atoms with Gasteiger partial charge in [0.2, 0.25) is 10.0 Å². The molecule has 1 aromatic carbocycles. The number of nitrogens with one attached hydrogen (secondary N) is 2. The first-order valence-corrected chi connectivity index (χ1v) is 10.6. The Kier molecular flexibility index (Phi) is 7.18. The second kappa shape index (κ2) is 8.77. The normalized spacial score (nSPS) is 20.1. The lowest BCUT2D eigenvalue weighted by Gasteiger charge is -2.28. The molecule has 2 heterocycles. The molecule has 1 aromatic heterocycles. The molecule has 1 saturated heterocycles. The molecule has 0 radical (unpaired) electrons. The third-order valence-electron chi connectivity index (χ3n) is 4.36. The maximum absolute atomic E-state index is 12.7. The highest BCUT2D eigenvalue weighted by Gasteiger charge is 2.34. The van der Waals surface area contributed by atoms with E-state index in [2.05, 4.69) is 15.0 Å². The fourth-order valence-electron chi connectivity index (χ4n) is 3.07. The number of benzene rings is 1. The molecule has 144 valence electrons. The predicted octanol–water partition coefficient (Wildman–Crippen LogP) is 2.59. The quantitative estimate of drug-likeness (QED) is 0.723. The lowest BCUT2D eigenvalue weighted by atomic mass is 9.99. The Hall–Kier alpha value is -1.03. The van der Waals surface area contributed by atoms with Gasteiger partial charge in [-0.05, 0) is 38.4 Å². The molecule has 1 aliphatic heterocycles. The van der Waals surface area contributed by atoms with Crippen molar-refractivity contribution < 1.29 is 13.2 Å². The molecule has 6 nitrogen and oxygen atoms in total. The molecule has 26 heavy (non-hydrogen) atoms. The number of methoxy groups -OCH3 is 1. The lowest BCUT2D eigenvalue weighted by molar-refractivity contribution is 0.122. The van der Waals surface area contributed by atoms with E-state index in [1.165, 1.54) is 11.3 Å². The fourth-order valence-corrected chi connectivity index (χ4v) is 5.04. The van der Waals surface area contributed by atoms with E-state index in [-0.39, 0.29) is 22.8 Å². The van der Waals surface area contributed by atoms with Crippen molar-refractivity contribution in [1.82, 2.24) is 15.0 Å². The highest BCUT2D eigenvalue weighted by atomic mass is 35.5. The first kappa shape index (κ1) is 21.3. The summed E-state index contributed by atoms with van der Waals surface area (Å²) in [6.45, 7) is 3.59. The van der Waals surface area contributed by atoms with Crippen LogP contribution in [0.25, 0.3) is 10.6 Å². The Morgan fingerprint density at radius 1 is 1.42 bits per heavy atom. The molecule has 0 aliphatic carbocycles. The average molecular weight is 418 g/mol. The van der Waals surface area contributed by atoms with Crippen molar-refractivity contribution in [3.05, 3.63) is 35.3 Å². The minimum absolute atomic E-state index is 0. The predicted molar refractivity (Wildman–Crippen MR) is 107 cm³/mol. The van der Waals surface area contributed by atoms with Crippen molar-refractivity contribution in [1.29, 1.82) is 0 Å². The van der Waals surface area contributed by atoms with Gasteiger partial charge in [0.25, 0.3) is 0 Å². The summed E-state index contributed by atoms with van der Waals surface area (Å²) in [5.41, 5.74) is 1.41. The van der Waals surface area contributed by atoms with Crippen LogP contribution >= 0.6 is 23.7 Å². The van der Waals surface area contributed by atoms with Gasteiger partial charge in [-0.25, -0.2) is 18.1 Å². The average Bonchev–Trinajstić information content (AvgIpc) is 3.24. The summed E-state index contributed by atoms with van der Waals surface area (Å²) >= 11 is 1.51. The SMILES string of the molecule is COCC1(CNS(=O)(=O)c2cccc(-c3nc(C)cs3)c2)CCCN1.Cl. The van der Waals surface area contributed by atoms with Gasteiger partial charge in [0.15, 0.2) is 0 Å². The van der Waals surface area contributed by atoms with Crippen molar-refractivity contribution in [2.75, 3.05) is 26.8 Å². The summed E-state index contributed by atoms with van der Waals surface area (Å²) in [6, 6.07) is 6.91. The van der Waals surface area contributed by atoms with Crippen molar-refractivity contribution in [3.63, 3.8) is 0 Å². The van der Waals surface area contributed by atoms with Gasteiger partial charge in [0, 0.05) is 30.3 Å². The molecule has 0 spiro atoms. The van der Waals surface area contributed by atoms with E-state index in [9.17, 15) is 8.42 Å². The molecule has 1 aliphatic rings. The number of halogens is 1. The van der Waals surface area contributed by atoms with E-state index in [0.717, 1.165) is 35.7 Å². The number of aryl methyl sites for hydroxylation is 1. The third kappa shape index (κ3) is 4.82. The molecule has 3 rings (SSSR count). The number of rotatable bonds is 7. The highest BCUT2D eigenvalue weighted by molar-refractivity contribution is 7.89. The van der Waals surface area contributed by atoms with Crippen LogP contribution < -0.4 is 10.0 Å². The van der Waals surface area contributed by atoms with Crippen molar-refractivity contribution in [2.45, 2.75) is 30.2 Å². The van der Waals surface area contributed by atoms with Crippen LogP contribution in [0.4, 0.5) is 0 Å². The number of sulfonamides is 1. The van der Waals surface area contributed by atoms with Crippen LogP contribution in [0.5, 0.6) is 0 Å². The molecule has 1 fully saturated rings. The summed E-state index contributed by atoms with van der Waals surface area (Å²) in [6.07, 6.45) is 1.91. The van der Waals surface area contributed by atoms with Gasteiger partial charge < -0.3 is 10.1 Å². The first-order chi connectivity index (χ1) is 11.9. The minimum atomic E-state index is -3.60. The Labute approximate surface area is 164 Å². The van der Waals surface area contributed by atoms with Gasteiger partial charge >= 0.3 is 0 Å². The summed E-state index contributed by atoms with van der Waals surface area (Å²) in [7, 11) is -1.96. The molecular weight excluding hydrogens is 394 g/mol. The molecule has 0 saturated carbocycles. The zero-order valence-electron chi connectivity index (χ0n) is 14.8. The molecule has 0 bridgehead atoms. The Bertz CT molecular complexity index is 833. The second-order valence-corrected chi connectivity index (χ2v) is 9.02. The number of ether oxygens (including phenoxy) is 1. The van der Waals surface area contributed by atoms with E-state index in [1.54, 1.807) is 25.3 Å². The van der Waals surface area contributed by atoms with Crippen molar-refractivity contribution in [3.8, 4) is 10.6 Å². The van der Waals surface area contributed by atoms with Crippen LogP contribution in [0.15, 0.2) is 34.5 Å². The Balaban J connectivity index is 0.00000243. The van der Waals surface area contributed by atoms with Gasteiger partial charge in [-0.15, -0.1) is 23.7 Å². The van der Waals surface area contributed by atoms with Gasteiger partial charge in [-0.3, -0.25) is 0 Å². The Morgan fingerprint density at radius 3 is 2.85 bits per heavy atom. The Morgan fingerprint density at radius 2 is 2.23 bits per heavy atom. The molecule has 1 unspecified atom stereocenters. The third-order valence-corrected chi connectivity index (χ3v) is 6.77. The van der Waals surface area contributed by atoms with E-state index >= 15 is 0 Å². The van der Waals surface area contributed by atoms with Crippen LogP contribution in [0, 0.1) is 6.92 Å².